The highest BCUT2D eigenvalue weighted by atomic mass is 15.3. The Kier molecular flexibility index (Phi) is 3.09. The van der Waals surface area contributed by atoms with Crippen LogP contribution in [0, 0.1) is 0 Å². The fourth-order valence-electron chi connectivity index (χ4n) is 1.13. The van der Waals surface area contributed by atoms with Crippen LogP contribution in [0.3, 0.4) is 0 Å². The lowest BCUT2D eigenvalue weighted by molar-refractivity contribution is 0.571. The van der Waals surface area contributed by atoms with Crippen LogP contribution in [0.4, 0.5) is 0 Å². The molecule has 0 saturated heterocycles. The minimum absolute atomic E-state index is 0.195. The lowest BCUT2D eigenvalue weighted by Gasteiger charge is -2.14. The van der Waals surface area contributed by atoms with E-state index in [1.807, 2.05) is 10.9 Å². The lowest BCUT2D eigenvalue weighted by atomic mass is 9.90. The molecule has 0 bridgehead atoms. The SMILES string of the molecule is CC(C)(C)c1cnn(CCCN)c1. The van der Waals surface area contributed by atoms with Gasteiger partial charge in [-0.15, -0.1) is 0 Å². The summed E-state index contributed by atoms with van der Waals surface area (Å²) < 4.78 is 1.97. The molecule has 0 unspecified atom stereocenters. The van der Waals surface area contributed by atoms with E-state index < -0.39 is 0 Å². The number of hydrogen-bond donors (Lipinski definition) is 1. The van der Waals surface area contributed by atoms with Crippen molar-refractivity contribution < 1.29 is 0 Å². The van der Waals surface area contributed by atoms with E-state index in [0.29, 0.717) is 0 Å². The van der Waals surface area contributed by atoms with E-state index in [4.69, 9.17) is 5.73 Å². The minimum atomic E-state index is 0.195. The molecule has 0 fully saturated rings. The van der Waals surface area contributed by atoms with Crippen molar-refractivity contribution in [3.8, 4) is 0 Å². The van der Waals surface area contributed by atoms with Gasteiger partial charge in [0.15, 0.2) is 0 Å². The highest BCUT2D eigenvalue weighted by molar-refractivity contribution is 5.14. The van der Waals surface area contributed by atoms with Crippen LogP contribution in [0.25, 0.3) is 0 Å². The lowest BCUT2D eigenvalue weighted by Crippen LogP contribution is -2.10. The molecule has 0 spiro atoms. The van der Waals surface area contributed by atoms with Crippen molar-refractivity contribution in [2.45, 2.75) is 39.2 Å². The third-order valence-electron chi connectivity index (χ3n) is 2.09. The largest absolute Gasteiger partial charge is 0.330 e. The van der Waals surface area contributed by atoms with Gasteiger partial charge in [0.2, 0.25) is 0 Å². The smallest absolute Gasteiger partial charge is 0.0527 e. The summed E-state index contributed by atoms with van der Waals surface area (Å²) in [6, 6.07) is 0. The molecule has 1 aromatic heterocycles. The number of nitrogens with zero attached hydrogens (tertiary/aromatic N) is 2. The van der Waals surface area contributed by atoms with Gasteiger partial charge < -0.3 is 5.73 Å². The molecule has 74 valence electrons. The van der Waals surface area contributed by atoms with Crippen LogP contribution >= 0.6 is 0 Å². The van der Waals surface area contributed by atoms with Gasteiger partial charge in [0.05, 0.1) is 6.20 Å². The number of nitrogens with two attached hydrogens (primary N) is 1. The molecule has 0 aliphatic heterocycles. The van der Waals surface area contributed by atoms with E-state index in [1.165, 1.54) is 5.56 Å². The maximum Gasteiger partial charge on any atom is 0.0527 e. The maximum atomic E-state index is 5.43. The summed E-state index contributed by atoms with van der Waals surface area (Å²) in [6.07, 6.45) is 5.04. The maximum absolute atomic E-state index is 5.43. The predicted octanol–water partition coefficient (Wildman–Crippen LogP) is 1.53. The average molecular weight is 181 g/mol. The van der Waals surface area contributed by atoms with Crippen LogP contribution in [-0.4, -0.2) is 16.3 Å². The van der Waals surface area contributed by atoms with Crippen molar-refractivity contribution in [2.75, 3.05) is 6.54 Å². The van der Waals surface area contributed by atoms with Gasteiger partial charge in [0.25, 0.3) is 0 Å². The second kappa shape index (κ2) is 3.92. The molecule has 1 heterocycles. The van der Waals surface area contributed by atoms with Gasteiger partial charge in [-0.2, -0.15) is 5.10 Å². The zero-order valence-corrected chi connectivity index (χ0v) is 8.75. The summed E-state index contributed by atoms with van der Waals surface area (Å²) in [5, 5.41) is 4.28. The fraction of sp³-hybridized carbons (Fsp3) is 0.700. The molecular weight excluding hydrogens is 162 g/mol. The first-order valence-corrected chi connectivity index (χ1v) is 4.77. The first-order valence-electron chi connectivity index (χ1n) is 4.77. The Hall–Kier alpha value is -0.830. The second-order valence-corrected chi connectivity index (χ2v) is 4.38. The van der Waals surface area contributed by atoms with E-state index in [-0.39, 0.29) is 5.41 Å². The van der Waals surface area contributed by atoms with Crippen LogP contribution in [0.2, 0.25) is 0 Å². The first kappa shape index (κ1) is 10.3. The van der Waals surface area contributed by atoms with Crippen LogP contribution in [-0.2, 0) is 12.0 Å². The summed E-state index contributed by atoms with van der Waals surface area (Å²) >= 11 is 0. The molecule has 0 atom stereocenters. The predicted molar refractivity (Wildman–Crippen MR) is 54.6 cm³/mol. The molecule has 0 radical (unpaired) electrons. The van der Waals surface area contributed by atoms with Gasteiger partial charge in [0.1, 0.15) is 0 Å². The van der Waals surface area contributed by atoms with E-state index in [0.717, 1.165) is 19.5 Å². The van der Waals surface area contributed by atoms with E-state index in [9.17, 15) is 0 Å². The average Bonchev–Trinajstić information content (AvgIpc) is 2.47. The Morgan fingerprint density at radius 2 is 2.15 bits per heavy atom. The van der Waals surface area contributed by atoms with Gasteiger partial charge in [0, 0.05) is 12.7 Å². The fourth-order valence-corrected chi connectivity index (χ4v) is 1.13. The first-order chi connectivity index (χ1) is 6.04. The van der Waals surface area contributed by atoms with E-state index in [2.05, 4.69) is 32.1 Å². The van der Waals surface area contributed by atoms with Crippen LogP contribution in [0.1, 0.15) is 32.8 Å². The highest BCUT2D eigenvalue weighted by Crippen LogP contribution is 2.20. The Bertz CT molecular complexity index is 257. The normalized spacial score (nSPS) is 12.0. The zero-order chi connectivity index (χ0) is 9.90. The molecule has 2 N–H and O–H groups in total. The topological polar surface area (TPSA) is 43.8 Å². The minimum Gasteiger partial charge on any atom is -0.330 e. The highest BCUT2D eigenvalue weighted by Gasteiger charge is 2.15. The van der Waals surface area contributed by atoms with Gasteiger partial charge in [-0.1, -0.05) is 20.8 Å². The van der Waals surface area contributed by atoms with Crippen molar-refractivity contribution in [3.63, 3.8) is 0 Å². The molecule has 13 heavy (non-hydrogen) atoms. The number of aromatic nitrogens is 2. The monoisotopic (exact) mass is 181 g/mol. The van der Waals surface area contributed by atoms with Crippen molar-refractivity contribution in [2.24, 2.45) is 5.73 Å². The van der Waals surface area contributed by atoms with Crippen LogP contribution in [0.5, 0.6) is 0 Å². The van der Waals surface area contributed by atoms with Crippen molar-refractivity contribution in [1.82, 2.24) is 9.78 Å². The Balaban J connectivity index is 2.64. The summed E-state index contributed by atoms with van der Waals surface area (Å²) in [5.41, 5.74) is 6.91. The van der Waals surface area contributed by atoms with Crippen molar-refractivity contribution in [1.29, 1.82) is 0 Å². The standard InChI is InChI=1S/C10H19N3/c1-10(2,3)9-7-12-13(8-9)6-4-5-11/h7-8H,4-6,11H2,1-3H3. The van der Waals surface area contributed by atoms with E-state index in [1.54, 1.807) is 0 Å². The molecule has 0 amide bonds. The Morgan fingerprint density at radius 1 is 1.46 bits per heavy atom. The Labute approximate surface area is 79.9 Å². The van der Waals surface area contributed by atoms with E-state index >= 15 is 0 Å². The quantitative estimate of drug-likeness (QED) is 0.768. The number of aryl methyl sites for hydroxylation is 1. The van der Waals surface area contributed by atoms with Crippen molar-refractivity contribution >= 4 is 0 Å². The van der Waals surface area contributed by atoms with Crippen molar-refractivity contribution in [3.05, 3.63) is 18.0 Å². The zero-order valence-electron chi connectivity index (χ0n) is 8.75. The molecule has 3 heteroatoms. The third kappa shape index (κ3) is 2.84. The molecule has 0 aliphatic carbocycles. The van der Waals surface area contributed by atoms with Gasteiger partial charge in [-0.3, -0.25) is 4.68 Å². The molecule has 1 rings (SSSR count). The van der Waals surface area contributed by atoms with Crippen LogP contribution in [0.15, 0.2) is 12.4 Å². The second-order valence-electron chi connectivity index (χ2n) is 4.38. The molecule has 0 saturated carbocycles. The molecule has 0 aromatic carbocycles. The molecular formula is C10H19N3. The number of hydrogen-bond acceptors (Lipinski definition) is 2. The molecule has 1 aromatic rings. The summed E-state index contributed by atoms with van der Waals surface area (Å²) in [4.78, 5) is 0. The number of rotatable bonds is 3. The summed E-state index contributed by atoms with van der Waals surface area (Å²) in [6.45, 7) is 8.23. The van der Waals surface area contributed by atoms with Gasteiger partial charge >= 0.3 is 0 Å². The summed E-state index contributed by atoms with van der Waals surface area (Å²) in [5.74, 6) is 0. The summed E-state index contributed by atoms with van der Waals surface area (Å²) in [7, 11) is 0. The third-order valence-corrected chi connectivity index (χ3v) is 2.09. The van der Waals surface area contributed by atoms with Gasteiger partial charge in [-0.05, 0) is 23.9 Å². The van der Waals surface area contributed by atoms with Gasteiger partial charge in [-0.25, -0.2) is 0 Å². The van der Waals surface area contributed by atoms with Crippen LogP contribution < -0.4 is 5.73 Å². The molecule has 0 aliphatic rings. The Morgan fingerprint density at radius 3 is 2.62 bits per heavy atom. The molecule has 3 nitrogen and oxygen atoms in total.